The molecule has 0 aliphatic carbocycles. The second kappa shape index (κ2) is 6.39. The molecule has 0 fully saturated rings. The van der Waals surface area contributed by atoms with Crippen LogP contribution in [0.4, 0.5) is 0 Å². The van der Waals surface area contributed by atoms with Crippen LogP contribution in [0.5, 0.6) is 0 Å². The van der Waals surface area contributed by atoms with Crippen LogP contribution in [0.25, 0.3) is 0 Å². The molecule has 0 saturated carbocycles. The van der Waals surface area contributed by atoms with Crippen LogP contribution in [0.1, 0.15) is 41.2 Å². The van der Waals surface area contributed by atoms with Crippen molar-refractivity contribution in [3.63, 3.8) is 0 Å². The van der Waals surface area contributed by atoms with Crippen molar-refractivity contribution >= 4 is 23.2 Å². The summed E-state index contributed by atoms with van der Waals surface area (Å²) in [5.74, 6) is -1.07. The molecule has 0 radical (unpaired) electrons. The highest BCUT2D eigenvalue weighted by atomic mass is 32.1. The van der Waals surface area contributed by atoms with Gasteiger partial charge in [0.1, 0.15) is 0 Å². The number of carboxylic acid groups (broad SMARTS) is 1. The van der Waals surface area contributed by atoms with Crippen molar-refractivity contribution in [2.24, 2.45) is 0 Å². The highest BCUT2D eigenvalue weighted by Crippen LogP contribution is 2.17. The molecule has 1 atom stereocenters. The lowest BCUT2D eigenvalue weighted by molar-refractivity contribution is -0.137. The summed E-state index contributed by atoms with van der Waals surface area (Å²) in [4.78, 5) is 24.2. The van der Waals surface area contributed by atoms with Crippen LogP contribution in [-0.2, 0) is 11.2 Å². The molecule has 1 amide bonds. The Hall–Kier alpha value is -1.36. The molecule has 0 aromatic carbocycles. The van der Waals surface area contributed by atoms with Crippen LogP contribution in [-0.4, -0.2) is 23.0 Å². The van der Waals surface area contributed by atoms with Crippen LogP contribution >= 0.6 is 11.3 Å². The van der Waals surface area contributed by atoms with Crippen LogP contribution in [0, 0.1) is 0 Å². The Morgan fingerprint density at radius 3 is 2.59 bits per heavy atom. The number of carbonyl (C=O) groups excluding carboxylic acids is 1. The van der Waals surface area contributed by atoms with Crippen molar-refractivity contribution in [2.45, 2.75) is 39.2 Å². The van der Waals surface area contributed by atoms with Gasteiger partial charge in [0.25, 0.3) is 5.91 Å². The zero-order valence-electron chi connectivity index (χ0n) is 10.0. The van der Waals surface area contributed by atoms with E-state index in [9.17, 15) is 9.59 Å². The molecule has 4 nitrogen and oxygen atoms in total. The quantitative estimate of drug-likeness (QED) is 0.819. The molecule has 2 N–H and O–H groups in total. The summed E-state index contributed by atoms with van der Waals surface area (Å²) in [6.07, 6.45) is 1.49. The number of amides is 1. The topological polar surface area (TPSA) is 66.4 Å². The van der Waals surface area contributed by atoms with Crippen molar-refractivity contribution in [1.82, 2.24) is 5.32 Å². The molecule has 1 aromatic rings. The van der Waals surface area contributed by atoms with Crippen molar-refractivity contribution < 1.29 is 14.7 Å². The van der Waals surface area contributed by atoms with Crippen molar-refractivity contribution in [3.05, 3.63) is 21.9 Å². The van der Waals surface area contributed by atoms with Gasteiger partial charge in [-0.25, -0.2) is 0 Å². The molecule has 0 bridgehead atoms. The molecule has 1 heterocycles. The molecule has 0 aliphatic heterocycles. The van der Waals surface area contributed by atoms with E-state index in [0.29, 0.717) is 11.3 Å². The highest BCUT2D eigenvalue weighted by Gasteiger charge is 2.16. The maximum Gasteiger partial charge on any atom is 0.305 e. The number of hydrogen-bond donors (Lipinski definition) is 2. The Labute approximate surface area is 105 Å². The van der Waals surface area contributed by atoms with Crippen molar-refractivity contribution in [2.75, 3.05) is 0 Å². The van der Waals surface area contributed by atoms with Gasteiger partial charge in [0.15, 0.2) is 0 Å². The van der Waals surface area contributed by atoms with Gasteiger partial charge in [-0.3, -0.25) is 9.59 Å². The number of carbonyl (C=O) groups is 2. The first kappa shape index (κ1) is 13.7. The molecule has 5 heteroatoms. The number of nitrogens with one attached hydrogen (secondary N) is 1. The van der Waals surface area contributed by atoms with E-state index >= 15 is 0 Å². The summed E-state index contributed by atoms with van der Waals surface area (Å²) >= 11 is 1.45. The number of aliphatic carboxylic acids is 1. The first-order valence-electron chi connectivity index (χ1n) is 5.68. The van der Waals surface area contributed by atoms with Crippen LogP contribution in [0.3, 0.4) is 0 Å². The third-order valence-electron chi connectivity index (χ3n) is 2.48. The van der Waals surface area contributed by atoms with E-state index in [2.05, 4.69) is 5.32 Å². The molecule has 1 rings (SSSR count). The largest absolute Gasteiger partial charge is 0.481 e. The van der Waals surface area contributed by atoms with Crippen LogP contribution in [0.15, 0.2) is 12.1 Å². The smallest absolute Gasteiger partial charge is 0.305 e. The molecule has 1 unspecified atom stereocenters. The lowest BCUT2D eigenvalue weighted by Gasteiger charge is -2.13. The minimum Gasteiger partial charge on any atom is -0.481 e. The Morgan fingerprint density at radius 1 is 1.41 bits per heavy atom. The fraction of sp³-hybridized carbons (Fsp3) is 0.500. The molecule has 17 heavy (non-hydrogen) atoms. The SMILES string of the molecule is CCc1ccc(C(=O)NC(CC)CC(=O)O)s1. The molecule has 0 aliphatic rings. The van der Waals surface area contributed by atoms with Crippen molar-refractivity contribution in [1.29, 1.82) is 0 Å². The molecule has 94 valence electrons. The van der Waals surface area contributed by atoms with Gasteiger partial charge in [-0.05, 0) is 25.0 Å². The minimum atomic E-state index is -0.891. The zero-order chi connectivity index (χ0) is 12.8. The maximum atomic E-state index is 11.8. The van der Waals surface area contributed by atoms with Gasteiger partial charge in [-0.1, -0.05) is 13.8 Å². The number of aryl methyl sites for hydroxylation is 1. The summed E-state index contributed by atoms with van der Waals surface area (Å²) in [5, 5.41) is 11.4. The molecular weight excluding hydrogens is 238 g/mol. The van der Waals surface area contributed by atoms with Gasteiger partial charge < -0.3 is 10.4 Å². The molecule has 0 spiro atoms. The second-order valence-electron chi connectivity index (χ2n) is 3.80. The van der Waals surface area contributed by atoms with Gasteiger partial charge in [0, 0.05) is 10.9 Å². The van der Waals surface area contributed by atoms with Crippen molar-refractivity contribution in [3.8, 4) is 0 Å². The third kappa shape index (κ3) is 4.19. The number of hydrogen-bond acceptors (Lipinski definition) is 3. The zero-order valence-corrected chi connectivity index (χ0v) is 10.8. The van der Waals surface area contributed by atoms with Gasteiger partial charge in [0.2, 0.25) is 0 Å². The fourth-order valence-corrected chi connectivity index (χ4v) is 2.31. The predicted octanol–water partition coefficient (Wildman–Crippen LogP) is 2.29. The lowest BCUT2D eigenvalue weighted by Crippen LogP contribution is -2.35. The van der Waals surface area contributed by atoms with E-state index in [1.807, 2.05) is 19.9 Å². The van der Waals surface area contributed by atoms with E-state index < -0.39 is 5.97 Å². The second-order valence-corrected chi connectivity index (χ2v) is 4.96. The Bertz CT molecular complexity index is 400. The summed E-state index contributed by atoms with van der Waals surface area (Å²) in [6, 6.07) is 3.41. The minimum absolute atomic E-state index is 0.0335. The average Bonchev–Trinajstić information content (AvgIpc) is 2.75. The third-order valence-corrected chi connectivity index (χ3v) is 3.71. The predicted molar refractivity (Wildman–Crippen MR) is 67.5 cm³/mol. The highest BCUT2D eigenvalue weighted by molar-refractivity contribution is 7.14. The van der Waals surface area contributed by atoms with Gasteiger partial charge >= 0.3 is 5.97 Å². The number of carboxylic acids is 1. The standard InChI is InChI=1S/C12H17NO3S/c1-3-8(7-11(14)15)13-12(16)10-6-5-9(4-2)17-10/h5-6,8H,3-4,7H2,1-2H3,(H,13,16)(H,14,15). The van der Waals surface area contributed by atoms with Gasteiger partial charge in [0.05, 0.1) is 11.3 Å². The Kier molecular flexibility index (Phi) is 5.15. The monoisotopic (exact) mass is 255 g/mol. The van der Waals surface area contributed by atoms with Crippen LogP contribution in [0.2, 0.25) is 0 Å². The number of thiophene rings is 1. The summed E-state index contributed by atoms with van der Waals surface area (Å²) < 4.78 is 0. The maximum absolute atomic E-state index is 11.8. The van der Waals surface area contributed by atoms with E-state index in [0.717, 1.165) is 11.3 Å². The van der Waals surface area contributed by atoms with Gasteiger partial charge in [-0.15, -0.1) is 11.3 Å². The normalized spacial score (nSPS) is 12.1. The van der Waals surface area contributed by atoms with E-state index in [1.165, 1.54) is 11.3 Å². The Morgan fingerprint density at radius 2 is 2.12 bits per heavy atom. The fourth-order valence-electron chi connectivity index (χ4n) is 1.45. The lowest BCUT2D eigenvalue weighted by atomic mass is 10.1. The van der Waals surface area contributed by atoms with Gasteiger partial charge in [-0.2, -0.15) is 0 Å². The summed E-state index contributed by atoms with van der Waals surface area (Å²) in [7, 11) is 0. The molecular formula is C12H17NO3S. The summed E-state index contributed by atoms with van der Waals surface area (Å²) in [5.41, 5.74) is 0. The molecule has 0 saturated heterocycles. The Balaban J connectivity index is 2.60. The first-order valence-corrected chi connectivity index (χ1v) is 6.49. The molecule has 1 aromatic heterocycles. The van der Waals surface area contributed by atoms with E-state index in [-0.39, 0.29) is 18.4 Å². The van der Waals surface area contributed by atoms with E-state index in [4.69, 9.17) is 5.11 Å². The van der Waals surface area contributed by atoms with E-state index in [1.54, 1.807) is 6.07 Å². The number of rotatable bonds is 6. The average molecular weight is 255 g/mol. The first-order chi connectivity index (χ1) is 8.06. The van der Waals surface area contributed by atoms with Crippen LogP contribution < -0.4 is 5.32 Å². The summed E-state index contributed by atoms with van der Waals surface area (Å²) in [6.45, 7) is 3.90.